The van der Waals surface area contributed by atoms with E-state index in [2.05, 4.69) is 0 Å². The van der Waals surface area contributed by atoms with Crippen molar-refractivity contribution in [1.82, 2.24) is 0 Å². The van der Waals surface area contributed by atoms with Crippen LogP contribution < -0.4 is 4.74 Å². The van der Waals surface area contributed by atoms with E-state index < -0.39 is 8.80 Å². The number of methoxy groups -OCH3 is 1. The van der Waals surface area contributed by atoms with Crippen LogP contribution in [-0.2, 0) is 38.8 Å². The summed E-state index contributed by atoms with van der Waals surface area (Å²) in [4.78, 5) is 35.3. The zero-order valence-electron chi connectivity index (χ0n) is 25.3. The van der Waals surface area contributed by atoms with Crippen molar-refractivity contribution >= 4 is 26.2 Å². The summed E-state index contributed by atoms with van der Waals surface area (Å²) in [5.74, 6) is 1.00. The Labute approximate surface area is 248 Å². The summed E-state index contributed by atoms with van der Waals surface area (Å²) in [6, 6.07) is 13.0. The molecular formula is C32H40O9Si. The smallest absolute Gasteiger partial charge is 0.508 e. The SMILES string of the molecule is COCOc1ccc(-c2ccc(O)cc2CCC[Si](OC(C)=CC(C)=O)(OC(C)=CC(C)=O)OC(C)=CC(C)=O)cc1. The van der Waals surface area contributed by atoms with Crippen molar-refractivity contribution in [3.8, 4) is 22.6 Å². The summed E-state index contributed by atoms with van der Waals surface area (Å²) in [6.45, 7) is 9.22. The van der Waals surface area contributed by atoms with Crippen LogP contribution in [0.25, 0.3) is 11.1 Å². The molecule has 2 aromatic rings. The third-order valence-electron chi connectivity index (χ3n) is 5.70. The van der Waals surface area contributed by atoms with E-state index in [1.807, 2.05) is 30.3 Å². The normalized spacial score (nSPS) is 13.6. The van der Waals surface area contributed by atoms with Crippen LogP contribution in [0.15, 0.2) is 78.0 Å². The maximum atomic E-state index is 11.8. The first-order chi connectivity index (χ1) is 19.8. The van der Waals surface area contributed by atoms with Crippen LogP contribution in [-0.4, -0.2) is 45.2 Å². The van der Waals surface area contributed by atoms with Crippen molar-refractivity contribution in [3.05, 3.63) is 83.5 Å². The molecule has 226 valence electrons. The number of aromatic hydroxyl groups is 1. The molecular weight excluding hydrogens is 556 g/mol. The molecule has 0 atom stereocenters. The first-order valence-corrected chi connectivity index (χ1v) is 15.4. The molecule has 2 aromatic carbocycles. The van der Waals surface area contributed by atoms with Gasteiger partial charge in [-0.1, -0.05) is 18.2 Å². The van der Waals surface area contributed by atoms with Crippen molar-refractivity contribution in [2.24, 2.45) is 0 Å². The van der Waals surface area contributed by atoms with Gasteiger partial charge in [0.15, 0.2) is 24.1 Å². The van der Waals surface area contributed by atoms with Crippen molar-refractivity contribution in [2.75, 3.05) is 13.9 Å². The number of hydrogen-bond acceptors (Lipinski definition) is 9. The van der Waals surface area contributed by atoms with Crippen molar-refractivity contribution in [2.45, 2.75) is 60.4 Å². The number of rotatable bonds is 17. The van der Waals surface area contributed by atoms with Crippen molar-refractivity contribution < 1.29 is 42.2 Å². The molecule has 0 unspecified atom stereocenters. The maximum absolute atomic E-state index is 11.8. The molecule has 0 saturated carbocycles. The molecule has 0 fully saturated rings. The lowest BCUT2D eigenvalue weighted by atomic mass is 9.96. The van der Waals surface area contributed by atoms with E-state index in [1.54, 1.807) is 40.0 Å². The van der Waals surface area contributed by atoms with Gasteiger partial charge in [-0.05, 0) is 95.3 Å². The van der Waals surface area contributed by atoms with Crippen LogP contribution in [0.3, 0.4) is 0 Å². The topological polar surface area (TPSA) is 118 Å². The van der Waals surface area contributed by atoms with Gasteiger partial charge in [0.1, 0.15) is 11.5 Å². The van der Waals surface area contributed by atoms with Gasteiger partial charge in [0.2, 0.25) is 0 Å². The zero-order chi connectivity index (χ0) is 31.3. The Morgan fingerprint density at radius 1 is 0.762 bits per heavy atom. The minimum Gasteiger partial charge on any atom is -0.508 e. The largest absolute Gasteiger partial charge is 0.698 e. The lowest BCUT2D eigenvalue weighted by Crippen LogP contribution is -2.44. The number of phenolic OH excluding ortho intramolecular Hbond substituents is 1. The monoisotopic (exact) mass is 596 g/mol. The molecule has 0 aromatic heterocycles. The van der Waals surface area contributed by atoms with E-state index in [-0.39, 0.29) is 53.2 Å². The first-order valence-electron chi connectivity index (χ1n) is 13.5. The zero-order valence-corrected chi connectivity index (χ0v) is 26.3. The van der Waals surface area contributed by atoms with Gasteiger partial charge in [-0.2, -0.15) is 0 Å². The van der Waals surface area contributed by atoms with Crippen LogP contribution in [0.4, 0.5) is 0 Å². The van der Waals surface area contributed by atoms with Crippen LogP contribution in [0, 0.1) is 0 Å². The molecule has 0 aliphatic heterocycles. The summed E-state index contributed by atoms with van der Waals surface area (Å²) >= 11 is 0. The number of ketones is 3. The minimum absolute atomic E-state index is 0.127. The highest BCUT2D eigenvalue weighted by atomic mass is 28.4. The second kappa shape index (κ2) is 16.3. The highest BCUT2D eigenvalue weighted by molar-refractivity contribution is 6.61. The highest BCUT2D eigenvalue weighted by Crippen LogP contribution is 2.32. The molecule has 0 aliphatic carbocycles. The van der Waals surface area contributed by atoms with Crippen LogP contribution in [0.5, 0.6) is 11.5 Å². The second-order valence-corrected chi connectivity index (χ2v) is 12.3. The van der Waals surface area contributed by atoms with Gasteiger partial charge in [-0.15, -0.1) is 0 Å². The molecule has 1 N–H and O–H groups in total. The van der Waals surface area contributed by atoms with Gasteiger partial charge in [0, 0.05) is 25.3 Å². The molecule has 2 rings (SSSR count). The molecule has 0 spiro atoms. The fourth-order valence-corrected chi connectivity index (χ4v) is 7.01. The number of benzene rings is 2. The van der Waals surface area contributed by atoms with Crippen LogP contribution in [0.1, 0.15) is 53.5 Å². The van der Waals surface area contributed by atoms with Gasteiger partial charge in [0.05, 0.1) is 23.3 Å². The van der Waals surface area contributed by atoms with E-state index in [0.717, 1.165) is 16.7 Å². The number of aryl methyl sites for hydroxylation is 1. The average Bonchev–Trinajstić information content (AvgIpc) is 2.86. The summed E-state index contributed by atoms with van der Waals surface area (Å²) in [5, 5.41) is 10.3. The van der Waals surface area contributed by atoms with Crippen LogP contribution in [0.2, 0.25) is 6.04 Å². The number of phenols is 1. The van der Waals surface area contributed by atoms with Gasteiger partial charge in [-0.25, -0.2) is 0 Å². The predicted molar refractivity (Wildman–Crippen MR) is 161 cm³/mol. The second-order valence-electron chi connectivity index (χ2n) is 9.86. The van der Waals surface area contributed by atoms with Crippen molar-refractivity contribution in [3.63, 3.8) is 0 Å². The molecule has 0 amide bonds. The Morgan fingerprint density at radius 3 is 1.71 bits per heavy atom. The number of carbonyl (C=O) groups excluding carboxylic acids is 3. The molecule has 9 nitrogen and oxygen atoms in total. The van der Waals surface area contributed by atoms with Gasteiger partial charge in [0.25, 0.3) is 0 Å². The van der Waals surface area contributed by atoms with Gasteiger partial charge < -0.3 is 27.9 Å². The number of ether oxygens (including phenoxy) is 2. The molecule has 0 bridgehead atoms. The highest BCUT2D eigenvalue weighted by Gasteiger charge is 2.49. The van der Waals surface area contributed by atoms with E-state index in [1.165, 1.54) is 39.0 Å². The van der Waals surface area contributed by atoms with E-state index in [0.29, 0.717) is 18.6 Å². The first kappa shape index (κ1) is 34.1. The Kier molecular flexibility index (Phi) is 13.2. The standard InChI is InChI=1S/C32H40O9Si/c1-22(33)17-25(4)39-42(40-26(5)18-23(2)34,41-27(6)19-24(3)35)16-8-9-29-20-30(36)12-15-32(29)28-10-13-31(14-11-28)38-21-37-7/h10-15,17-20,36H,8-9,16,21H2,1-7H3. The summed E-state index contributed by atoms with van der Waals surface area (Å²) in [6.07, 6.45) is 4.99. The quantitative estimate of drug-likeness (QED) is 0.0952. The molecule has 0 heterocycles. The number of allylic oxidation sites excluding steroid dienone is 6. The molecule has 0 radical (unpaired) electrons. The molecule has 42 heavy (non-hydrogen) atoms. The number of hydrogen-bond donors (Lipinski definition) is 1. The lowest BCUT2D eigenvalue weighted by molar-refractivity contribution is -0.113. The van der Waals surface area contributed by atoms with Gasteiger partial charge in [-0.3, -0.25) is 14.4 Å². The Morgan fingerprint density at radius 2 is 1.26 bits per heavy atom. The third-order valence-corrected chi connectivity index (χ3v) is 8.56. The Balaban J connectivity index is 2.45. The molecule has 10 heteroatoms. The fraction of sp³-hybridized carbons (Fsp3) is 0.344. The molecule has 0 saturated heterocycles. The number of carbonyl (C=O) groups is 3. The Hall–Kier alpha value is -4.15. The van der Waals surface area contributed by atoms with E-state index in [9.17, 15) is 19.5 Å². The third kappa shape index (κ3) is 11.8. The average molecular weight is 597 g/mol. The molecule has 0 aliphatic rings. The summed E-state index contributed by atoms with van der Waals surface area (Å²) < 4.78 is 29.1. The van der Waals surface area contributed by atoms with E-state index >= 15 is 0 Å². The van der Waals surface area contributed by atoms with Crippen molar-refractivity contribution in [1.29, 1.82) is 0 Å². The van der Waals surface area contributed by atoms with E-state index in [4.69, 9.17) is 22.8 Å². The summed E-state index contributed by atoms with van der Waals surface area (Å²) in [7, 11) is -2.17. The van der Waals surface area contributed by atoms with Gasteiger partial charge >= 0.3 is 8.80 Å². The fourth-order valence-electron chi connectivity index (χ4n) is 4.32. The Bertz CT molecular complexity index is 1260. The summed E-state index contributed by atoms with van der Waals surface area (Å²) in [5.41, 5.74) is 2.74. The minimum atomic E-state index is -3.72. The lowest BCUT2D eigenvalue weighted by Gasteiger charge is -2.31. The predicted octanol–water partition coefficient (Wildman–Crippen LogP) is 6.44. The maximum Gasteiger partial charge on any atom is 0.698 e. The van der Waals surface area contributed by atoms with Crippen LogP contribution >= 0.6 is 0 Å².